The summed E-state index contributed by atoms with van der Waals surface area (Å²) >= 11 is 0. The summed E-state index contributed by atoms with van der Waals surface area (Å²) in [4.78, 5) is 0. The molecule has 0 aliphatic rings. The van der Waals surface area contributed by atoms with E-state index in [0.717, 1.165) is 12.1 Å². The van der Waals surface area contributed by atoms with Crippen LogP contribution in [0.2, 0.25) is 0 Å². The fraction of sp³-hybridized carbons (Fsp3) is 0.364. The van der Waals surface area contributed by atoms with Crippen molar-refractivity contribution in [2.24, 2.45) is 5.92 Å². The number of hydrogen-bond donors (Lipinski definition) is 0. The molecule has 0 bridgehead atoms. The Morgan fingerprint density at radius 2 is 2.12 bits per heavy atom. The molecule has 0 fully saturated rings. The van der Waals surface area contributed by atoms with Gasteiger partial charge in [-0.2, -0.15) is 18.4 Å². The SMILES string of the molecule is CC(C#N)COc1cccc(C(F)(F)F)c1. The highest BCUT2D eigenvalue weighted by Crippen LogP contribution is 2.31. The molecular weight excluding hydrogens is 219 g/mol. The van der Waals surface area contributed by atoms with E-state index in [9.17, 15) is 13.2 Å². The third-order valence-electron chi connectivity index (χ3n) is 1.88. The summed E-state index contributed by atoms with van der Waals surface area (Å²) in [5.41, 5.74) is -0.755. The average molecular weight is 229 g/mol. The van der Waals surface area contributed by atoms with Crippen LogP contribution in [0.3, 0.4) is 0 Å². The second kappa shape index (κ2) is 4.88. The van der Waals surface area contributed by atoms with E-state index < -0.39 is 11.7 Å². The minimum absolute atomic E-state index is 0.0812. The van der Waals surface area contributed by atoms with Gasteiger partial charge < -0.3 is 4.74 Å². The Morgan fingerprint density at radius 3 is 2.69 bits per heavy atom. The fourth-order valence-corrected chi connectivity index (χ4v) is 1.02. The molecular formula is C11H10F3NO. The molecule has 1 rings (SSSR count). The normalized spacial score (nSPS) is 12.9. The highest BCUT2D eigenvalue weighted by atomic mass is 19.4. The van der Waals surface area contributed by atoms with Gasteiger partial charge in [-0.15, -0.1) is 0 Å². The van der Waals surface area contributed by atoms with Gasteiger partial charge in [0.2, 0.25) is 0 Å². The lowest BCUT2D eigenvalue weighted by Crippen LogP contribution is -2.08. The standard InChI is InChI=1S/C11H10F3NO/c1-8(6-15)7-16-10-4-2-3-9(5-10)11(12,13)14/h2-5,8H,7H2,1H3. The smallest absolute Gasteiger partial charge is 0.416 e. The van der Waals surface area contributed by atoms with Gasteiger partial charge in [-0.25, -0.2) is 0 Å². The second-order valence-corrected chi connectivity index (χ2v) is 3.37. The van der Waals surface area contributed by atoms with Gasteiger partial charge in [-0.05, 0) is 25.1 Å². The first-order valence-electron chi connectivity index (χ1n) is 4.63. The van der Waals surface area contributed by atoms with E-state index in [2.05, 4.69) is 0 Å². The van der Waals surface area contributed by atoms with Crippen molar-refractivity contribution in [3.8, 4) is 11.8 Å². The first kappa shape index (κ1) is 12.4. The summed E-state index contributed by atoms with van der Waals surface area (Å²) in [5.74, 6) is -0.230. The lowest BCUT2D eigenvalue weighted by molar-refractivity contribution is -0.137. The maximum Gasteiger partial charge on any atom is 0.416 e. The minimum atomic E-state index is -4.37. The van der Waals surface area contributed by atoms with Crippen molar-refractivity contribution in [1.82, 2.24) is 0 Å². The summed E-state index contributed by atoms with van der Waals surface area (Å²) in [6.45, 7) is 1.71. The molecule has 0 N–H and O–H groups in total. The average Bonchev–Trinajstić information content (AvgIpc) is 2.25. The topological polar surface area (TPSA) is 33.0 Å². The molecule has 0 aromatic heterocycles. The molecule has 0 saturated heterocycles. The molecule has 86 valence electrons. The van der Waals surface area contributed by atoms with Crippen LogP contribution < -0.4 is 4.74 Å². The van der Waals surface area contributed by atoms with Crippen LogP contribution in [0.4, 0.5) is 13.2 Å². The third kappa shape index (κ3) is 3.46. The number of halogens is 3. The summed E-state index contributed by atoms with van der Waals surface area (Å²) in [6, 6.07) is 6.53. The number of rotatable bonds is 3. The number of ether oxygens (including phenoxy) is 1. The monoisotopic (exact) mass is 229 g/mol. The molecule has 0 heterocycles. The molecule has 0 amide bonds. The molecule has 5 heteroatoms. The maximum atomic E-state index is 12.3. The van der Waals surface area contributed by atoms with E-state index in [0.29, 0.717) is 0 Å². The van der Waals surface area contributed by atoms with Gasteiger partial charge in [-0.1, -0.05) is 6.07 Å². The van der Waals surface area contributed by atoms with Gasteiger partial charge in [0.05, 0.1) is 17.6 Å². The molecule has 1 aromatic rings. The molecule has 16 heavy (non-hydrogen) atoms. The zero-order valence-corrected chi connectivity index (χ0v) is 8.58. The van der Waals surface area contributed by atoms with Crippen molar-refractivity contribution in [3.05, 3.63) is 29.8 Å². The number of alkyl halides is 3. The molecule has 1 unspecified atom stereocenters. The number of hydrogen-bond acceptors (Lipinski definition) is 2. The minimum Gasteiger partial charge on any atom is -0.492 e. The molecule has 0 radical (unpaired) electrons. The van der Waals surface area contributed by atoms with E-state index >= 15 is 0 Å². The van der Waals surface area contributed by atoms with Crippen molar-refractivity contribution >= 4 is 0 Å². The molecule has 0 spiro atoms. The lowest BCUT2D eigenvalue weighted by Gasteiger charge is -2.10. The van der Waals surface area contributed by atoms with Crippen molar-refractivity contribution in [3.63, 3.8) is 0 Å². The van der Waals surface area contributed by atoms with Gasteiger partial charge in [-0.3, -0.25) is 0 Å². The number of benzene rings is 1. The van der Waals surface area contributed by atoms with E-state index in [1.54, 1.807) is 6.92 Å². The molecule has 2 nitrogen and oxygen atoms in total. The van der Waals surface area contributed by atoms with Gasteiger partial charge in [0.25, 0.3) is 0 Å². The van der Waals surface area contributed by atoms with Gasteiger partial charge in [0.15, 0.2) is 0 Å². The molecule has 0 saturated carbocycles. The molecule has 1 atom stereocenters. The highest BCUT2D eigenvalue weighted by Gasteiger charge is 2.30. The fourth-order valence-electron chi connectivity index (χ4n) is 1.02. The van der Waals surface area contributed by atoms with Crippen molar-refractivity contribution in [1.29, 1.82) is 5.26 Å². The first-order chi connectivity index (χ1) is 7.43. The van der Waals surface area contributed by atoms with Crippen molar-refractivity contribution < 1.29 is 17.9 Å². The zero-order chi connectivity index (χ0) is 12.2. The first-order valence-corrected chi connectivity index (χ1v) is 4.63. The summed E-state index contributed by atoms with van der Waals surface area (Å²) in [7, 11) is 0. The van der Waals surface area contributed by atoms with Crippen molar-refractivity contribution in [2.45, 2.75) is 13.1 Å². The van der Waals surface area contributed by atoms with Crippen LogP contribution in [0.5, 0.6) is 5.75 Å². The Kier molecular flexibility index (Phi) is 3.78. The van der Waals surface area contributed by atoms with Crippen LogP contribution in [-0.2, 0) is 6.18 Å². The van der Waals surface area contributed by atoms with E-state index in [1.807, 2.05) is 6.07 Å². The van der Waals surface area contributed by atoms with Crippen LogP contribution >= 0.6 is 0 Å². The molecule has 0 aliphatic heterocycles. The van der Waals surface area contributed by atoms with E-state index in [1.165, 1.54) is 12.1 Å². The van der Waals surface area contributed by atoms with Gasteiger partial charge in [0, 0.05) is 0 Å². The van der Waals surface area contributed by atoms with Gasteiger partial charge in [0.1, 0.15) is 12.4 Å². The van der Waals surface area contributed by atoms with Crippen LogP contribution in [0, 0.1) is 17.2 Å². The Morgan fingerprint density at radius 1 is 1.44 bits per heavy atom. The third-order valence-corrected chi connectivity index (χ3v) is 1.88. The summed E-state index contributed by atoms with van der Waals surface area (Å²) in [5, 5.41) is 8.49. The maximum absolute atomic E-state index is 12.3. The summed E-state index contributed by atoms with van der Waals surface area (Å²) < 4.78 is 42.0. The lowest BCUT2D eigenvalue weighted by atomic mass is 10.2. The number of nitriles is 1. The molecule has 1 aromatic carbocycles. The summed E-state index contributed by atoms with van der Waals surface area (Å²) in [6.07, 6.45) is -4.37. The Balaban J connectivity index is 2.73. The highest BCUT2D eigenvalue weighted by molar-refractivity contribution is 5.30. The van der Waals surface area contributed by atoms with Crippen LogP contribution in [0.1, 0.15) is 12.5 Å². The predicted octanol–water partition coefficient (Wildman–Crippen LogP) is 3.24. The predicted molar refractivity (Wildman–Crippen MR) is 51.7 cm³/mol. The Bertz CT molecular complexity index is 395. The van der Waals surface area contributed by atoms with E-state index in [4.69, 9.17) is 10.00 Å². The number of nitrogens with zero attached hydrogens (tertiary/aromatic N) is 1. The zero-order valence-electron chi connectivity index (χ0n) is 8.58. The van der Waals surface area contributed by atoms with E-state index in [-0.39, 0.29) is 18.3 Å². The van der Waals surface area contributed by atoms with Crippen LogP contribution in [-0.4, -0.2) is 6.61 Å². The van der Waals surface area contributed by atoms with Crippen LogP contribution in [0.15, 0.2) is 24.3 Å². The Hall–Kier alpha value is -1.70. The second-order valence-electron chi connectivity index (χ2n) is 3.37. The van der Waals surface area contributed by atoms with Crippen molar-refractivity contribution in [2.75, 3.05) is 6.61 Å². The molecule has 0 aliphatic carbocycles. The van der Waals surface area contributed by atoms with Gasteiger partial charge >= 0.3 is 6.18 Å². The van der Waals surface area contributed by atoms with Crippen LogP contribution in [0.25, 0.3) is 0 Å². The Labute approximate surface area is 91.3 Å². The largest absolute Gasteiger partial charge is 0.492 e. The quantitative estimate of drug-likeness (QED) is 0.797.